The van der Waals surface area contributed by atoms with E-state index in [9.17, 15) is 52.7 Å². The van der Waals surface area contributed by atoms with Crippen LogP contribution >= 0.6 is 0 Å². The summed E-state index contributed by atoms with van der Waals surface area (Å²) in [7, 11) is 2.80. The molecule has 7 amide bonds. The second kappa shape index (κ2) is 31.4. The van der Waals surface area contributed by atoms with Crippen molar-refractivity contribution < 1.29 is 48.0 Å². The second-order valence-corrected chi connectivity index (χ2v) is 21.9. The molecule has 25 heteroatoms. The molecule has 0 saturated carbocycles. The Balaban J connectivity index is 1.19. The Morgan fingerprint density at radius 3 is 1.64 bits per heavy atom. The number of unbranched alkanes of at least 4 members (excludes halogenated alkanes) is 1. The van der Waals surface area contributed by atoms with Gasteiger partial charge in [0.2, 0.25) is 0 Å². The van der Waals surface area contributed by atoms with Crippen molar-refractivity contribution in [2.24, 2.45) is 14.1 Å². The number of carbonyl (C=O) groups excluding carboxylic acids is 7. The van der Waals surface area contributed by atoms with Gasteiger partial charge in [-0.1, -0.05) is 72.8 Å². The van der Waals surface area contributed by atoms with Crippen molar-refractivity contribution in [1.29, 1.82) is 0 Å². The van der Waals surface area contributed by atoms with Crippen molar-refractivity contribution in [2.75, 3.05) is 52.4 Å². The van der Waals surface area contributed by atoms with Crippen LogP contribution in [0.15, 0.2) is 141 Å². The molecular weight excluding hydrogens is 1130 g/mol. The maximum atomic E-state index is 14.6. The molecular formula is C63H75N11O14. The van der Waals surface area contributed by atoms with Gasteiger partial charge in [-0.15, -0.1) is 9.46 Å². The number of fused-ring (bicyclic) bond motifs is 2. The second-order valence-electron chi connectivity index (χ2n) is 21.9. The number of ether oxygens (including phenoxy) is 1. The predicted molar refractivity (Wildman–Crippen MR) is 325 cm³/mol. The van der Waals surface area contributed by atoms with E-state index in [0.717, 1.165) is 19.6 Å². The van der Waals surface area contributed by atoms with E-state index in [-0.39, 0.29) is 119 Å². The first-order valence-electron chi connectivity index (χ1n) is 29.1. The summed E-state index contributed by atoms with van der Waals surface area (Å²) in [6.07, 6.45) is 1.44. The van der Waals surface area contributed by atoms with Gasteiger partial charge in [0.25, 0.3) is 57.7 Å². The van der Waals surface area contributed by atoms with Gasteiger partial charge in [-0.25, -0.2) is 4.79 Å². The molecule has 9 rings (SSSR count). The number of alkyl carbamates (subject to hydrolysis) is 1. The van der Waals surface area contributed by atoms with Gasteiger partial charge in [-0.3, -0.25) is 47.9 Å². The maximum Gasteiger partial charge on any atom is 0.407 e. The number of hydrogen-bond donors (Lipinski definition) is 5. The highest BCUT2D eigenvalue weighted by Crippen LogP contribution is 2.13. The van der Waals surface area contributed by atoms with Crippen LogP contribution in [-0.4, -0.2) is 134 Å². The minimum atomic E-state index is -0.967. The fourth-order valence-corrected chi connectivity index (χ4v) is 9.50. The van der Waals surface area contributed by atoms with Crippen molar-refractivity contribution in [3.05, 3.63) is 208 Å². The highest BCUT2D eigenvalue weighted by molar-refractivity contribution is 5.98. The molecule has 88 heavy (non-hydrogen) atoms. The molecule has 466 valence electrons. The molecule has 0 unspecified atom stereocenters. The number of rotatable bonds is 13. The smallest absolute Gasteiger partial charge is 0.407 e. The lowest BCUT2D eigenvalue weighted by Crippen LogP contribution is -2.46. The number of hydrogen-bond acceptors (Lipinski definition) is 14. The predicted octanol–water partition coefficient (Wildman–Crippen LogP) is 3.21. The van der Waals surface area contributed by atoms with Crippen LogP contribution in [-0.2, 0) is 32.0 Å². The molecule has 0 saturated heterocycles. The van der Waals surface area contributed by atoms with Crippen molar-refractivity contribution in [2.45, 2.75) is 90.6 Å². The zero-order chi connectivity index (χ0) is 63.3. The molecule has 4 bridgehead atoms. The lowest BCUT2D eigenvalue weighted by atomic mass is 10.1. The minimum absolute atomic E-state index is 0.0192. The first-order valence-corrected chi connectivity index (χ1v) is 29.1. The number of benzene rings is 2. The highest BCUT2D eigenvalue weighted by Gasteiger charge is 2.27. The Morgan fingerprint density at radius 2 is 1.05 bits per heavy atom. The monoisotopic (exact) mass is 1210 g/mol. The molecule has 6 aromatic rings. The van der Waals surface area contributed by atoms with Gasteiger partial charge in [0.15, 0.2) is 0 Å². The van der Waals surface area contributed by atoms with Crippen LogP contribution in [0.1, 0.15) is 140 Å². The minimum Gasteiger partial charge on any atom is -0.444 e. The van der Waals surface area contributed by atoms with E-state index in [1.807, 2.05) is 18.2 Å². The Labute approximate surface area is 507 Å². The average molecular weight is 1210 g/mol. The van der Waals surface area contributed by atoms with Crippen LogP contribution in [0, 0.1) is 0 Å². The zero-order valence-electron chi connectivity index (χ0n) is 50.0. The summed E-state index contributed by atoms with van der Waals surface area (Å²) < 4.78 is 9.22. The molecule has 0 fully saturated rings. The van der Waals surface area contributed by atoms with Crippen molar-refractivity contribution >= 4 is 41.5 Å². The fraction of sp³-hybridized carbons (Fsp3) is 0.381. The number of nitrogens with zero attached hydrogens (tertiary/aromatic N) is 6. The largest absolute Gasteiger partial charge is 0.444 e. The third-order valence-corrected chi connectivity index (χ3v) is 14.2. The number of amides is 7. The van der Waals surface area contributed by atoms with Gasteiger partial charge >= 0.3 is 6.09 Å². The summed E-state index contributed by atoms with van der Waals surface area (Å²) in [6, 6.07) is 30.4. The molecule has 4 aromatic heterocycles. The lowest BCUT2D eigenvalue weighted by molar-refractivity contribution is 0.0524. The SMILES string of the molecule is Cn1c(C(=O)N2CCCCN(C(=O)c3cccc(=O)n3OCc3ccccc3)CCCNC(=O)c3ccc(n(C)c3=O)C(=O)N[C@@H](CCCCNC(=O)OC(C)(C)C)CNC(=O)c3ccc(c(=O)n3OCc3ccccc3)C(=O)NCCC2)cccc1=O. The Morgan fingerprint density at radius 1 is 0.523 bits per heavy atom. The van der Waals surface area contributed by atoms with Crippen LogP contribution in [0.25, 0.3) is 0 Å². The molecule has 25 nitrogen and oxygen atoms in total. The molecule has 3 aliphatic heterocycles. The van der Waals surface area contributed by atoms with E-state index in [1.54, 1.807) is 63.2 Å². The van der Waals surface area contributed by atoms with Gasteiger partial charge in [-0.05, 0) is 113 Å². The van der Waals surface area contributed by atoms with Crippen molar-refractivity contribution in [3.8, 4) is 0 Å². The van der Waals surface area contributed by atoms with Crippen LogP contribution in [0.3, 0.4) is 0 Å². The topological polar surface area (TPSA) is 302 Å². The normalized spacial score (nSPS) is 15.3. The molecule has 0 radical (unpaired) electrons. The van der Waals surface area contributed by atoms with Crippen molar-refractivity contribution in [3.63, 3.8) is 0 Å². The summed E-state index contributed by atoms with van der Waals surface area (Å²) in [5.41, 5.74) is -3.15. The summed E-state index contributed by atoms with van der Waals surface area (Å²) >= 11 is 0. The summed E-state index contributed by atoms with van der Waals surface area (Å²) in [5, 5.41) is 13.8. The number of pyridine rings is 4. The van der Waals surface area contributed by atoms with Gasteiger partial charge in [0, 0.05) is 84.6 Å². The van der Waals surface area contributed by atoms with Crippen LogP contribution < -0.4 is 58.5 Å². The van der Waals surface area contributed by atoms with E-state index in [1.165, 1.54) is 89.1 Å². The van der Waals surface area contributed by atoms with Gasteiger partial charge in [0.1, 0.15) is 52.7 Å². The third kappa shape index (κ3) is 18.2. The summed E-state index contributed by atoms with van der Waals surface area (Å²) in [5.74, 6) is -4.15. The molecule has 1 atom stereocenters. The van der Waals surface area contributed by atoms with E-state index < -0.39 is 75.4 Å². The lowest BCUT2D eigenvalue weighted by Gasteiger charge is -2.26. The van der Waals surface area contributed by atoms with Crippen LogP contribution in [0.5, 0.6) is 0 Å². The van der Waals surface area contributed by atoms with Gasteiger partial charge in [-0.2, -0.15) is 0 Å². The zero-order valence-corrected chi connectivity index (χ0v) is 50.0. The molecule has 2 aromatic carbocycles. The van der Waals surface area contributed by atoms with Gasteiger partial charge < -0.3 is 59.9 Å². The van der Waals surface area contributed by atoms with Crippen LogP contribution in [0.4, 0.5) is 4.79 Å². The first kappa shape index (κ1) is 65.5. The van der Waals surface area contributed by atoms with E-state index in [2.05, 4.69) is 26.6 Å². The summed E-state index contributed by atoms with van der Waals surface area (Å²) in [6.45, 7) is 5.27. The van der Waals surface area contributed by atoms with E-state index >= 15 is 0 Å². The Bertz CT molecular complexity index is 3700. The molecule has 0 spiro atoms. The standard InChI is InChI=1S/C63H75N11O14/c1-63(2,3)88-62(85)66-33-13-12-24-45-40-67-56(79)49-32-30-47(59(82)74(49)87-42-44-22-10-7-11-23-44)55(78)65-35-18-38-71(60(83)50-25-16-27-52(75)69(50)4)36-14-15-37-72(39-19-34-64-54(77)46-29-31-48(57(80)68-45)70(5)58(46)81)61(84)51-26-17-28-53(76)73(51)86-41-43-20-8-6-9-21-43/h6-11,16-17,20-23,25-32,45H,12-15,18-19,24,33-42H2,1-5H3,(H,64,77)(H,65,78)(H,66,85)(H,67,79)(H,68,80)/t45-/m0/s1. The average Bonchev–Trinajstić information content (AvgIpc) is 1.50. The Kier molecular flexibility index (Phi) is 23.3. The van der Waals surface area contributed by atoms with Crippen LogP contribution in [0.2, 0.25) is 0 Å². The molecule has 7 heterocycles. The first-order chi connectivity index (χ1) is 42.2. The van der Waals surface area contributed by atoms with E-state index in [0.29, 0.717) is 31.2 Å². The number of aromatic nitrogens is 4. The maximum absolute atomic E-state index is 14.6. The summed E-state index contributed by atoms with van der Waals surface area (Å²) in [4.78, 5) is 166. The van der Waals surface area contributed by atoms with Crippen molar-refractivity contribution in [1.82, 2.24) is 55.0 Å². The molecule has 0 aliphatic carbocycles. The molecule has 5 N–H and O–H groups in total. The van der Waals surface area contributed by atoms with E-state index in [4.69, 9.17) is 14.4 Å². The highest BCUT2D eigenvalue weighted by atomic mass is 16.7. The number of carbonyl (C=O) groups is 7. The molecule has 3 aliphatic rings. The van der Waals surface area contributed by atoms with Gasteiger partial charge in [0.05, 0.1) is 0 Å². The number of nitrogens with one attached hydrogen (secondary N) is 5. The fourth-order valence-electron chi connectivity index (χ4n) is 9.50. The Hall–Kier alpha value is -10.1. The third-order valence-electron chi connectivity index (χ3n) is 14.2. The quantitative estimate of drug-likeness (QED) is 0.104.